The van der Waals surface area contributed by atoms with Gasteiger partial charge < -0.3 is 5.73 Å². The van der Waals surface area contributed by atoms with Crippen LogP contribution in [0.1, 0.15) is 50.2 Å². The molecule has 0 atom stereocenters. The number of aryl methyl sites for hydroxylation is 1. The van der Waals surface area contributed by atoms with Crippen molar-refractivity contribution in [3.05, 3.63) is 35.1 Å². The van der Waals surface area contributed by atoms with Gasteiger partial charge in [0, 0.05) is 5.54 Å². The van der Waals surface area contributed by atoms with E-state index >= 15 is 0 Å². The Hall–Kier alpha value is -0.890. The van der Waals surface area contributed by atoms with Crippen molar-refractivity contribution in [1.82, 2.24) is 0 Å². The van der Waals surface area contributed by atoms with E-state index in [-0.39, 0.29) is 11.4 Å². The molecular formula is C16H24FN. The van der Waals surface area contributed by atoms with Gasteiger partial charge in [0.25, 0.3) is 0 Å². The Morgan fingerprint density at radius 2 is 2.00 bits per heavy atom. The second-order valence-corrected chi connectivity index (χ2v) is 5.96. The average Bonchev–Trinajstić information content (AvgIpc) is 2.34. The molecule has 18 heavy (non-hydrogen) atoms. The Balaban J connectivity index is 2.04. The van der Waals surface area contributed by atoms with E-state index in [1.165, 1.54) is 24.8 Å². The smallest absolute Gasteiger partial charge is 0.123 e. The highest BCUT2D eigenvalue weighted by Crippen LogP contribution is 2.34. The third-order valence-corrected chi connectivity index (χ3v) is 4.53. The normalized spacial score (nSPS) is 28.3. The van der Waals surface area contributed by atoms with Gasteiger partial charge >= 0.3 is 0 Å². The van der Waals surface area contributed by atoms with Crippen molar-refractivity contribution < 1.29 is 4.39 Å². The summed E-state index contributed by atoms with van der Waals surface area (Å²) < 4.78 is 13.1. The molecule has 1 aromatic carbocycles. The molecule has 100 valence electrons. The van der Waals surface area contributed by atoms with E-state index in [4.69, 9.17) is 5.73 Å². The van der Waals surface area contributed by atoms with Crippen LogP contribution in [0.2, 0.25) is 0 Å². The molecule has 1 aliphatic carbocycles. The SMILES string of the molecule is CCC1CCC(N)(Cc2ccc(F)cc2C)CC1. The molecule has 0 amide bonds. The monoisotopic (exact) mass is 249 g/mol. The van der Waals surface area contributed by atoms with Crippen LogP contribution in [0, 0.1) is 18.7 Å². The Morgan fingerprint density at radius 1 is 1.33 bits per heavy atom. The molecule has 0 spiro atoms. The van der Waals surface area contributed by atoms with Gasteiger partial charge in [0.15, 0.2) is 0 Å². The molecule has 0 bridgehead atoms. The first-order valence-corrected chi connectivity index (χ1v) is 7.06. The van der Waals surface area contributed by atoms with Crippen LogP contribution in [0.4, 0.5) is 4.39 Å². The minimum absolute atomic E-state index is 0.0751. The van der Waals surface area contributed by atoms with Gasteiger partial charge in [-0.1, -0.05) is 19.4 Å². The zero-order valence-corrected chi connectivity index (χ0v) is 11.5. The quantitative estimate of drug-likeness (QED) is 0.861. The number of rotatable bonds is 3. The molecule has 1 fully saturated rings. The Morgan fingerprint density at radius 3 is 2.56 bits per heavy atom. The summed E-state index contributed by atoms with van der Waals surface area (Å²) in [4.78, 5) is 0. The number of hydrogen-bond donors (Lipinski definition) is 1. The Kier molecular flexibility index (Phi) is 4.06. The third-order valence-electron chi connectivity index (χ3n) is 4.53. The molecule has 0 radical (unpaired) electrons. The molecule has 0 aromatic heterocycles. The van der Waals surface area contributed by atoms with Gasteiger partial charge in [-0.05, 0) is 68.2 Å². The molecule has 1 aliphatic rings. The number of hydrogen-bond acceptors (Lipinski definition) is 1. The van der Waals surface area contributed by atoms with Crippen LogP contribution >= 0.6 is 0 Å². The summed E-state index contributed by atoms with van der Waals surface area (Å²) in [6.07, 6.45) is 6.84. The maximum Gasteiger partial charge on any atom is 0.123 e. The van der Waals surface area contributed by atoms with Crippen molar-refractivity contribution in [3.8, 4) is 0 Å². The lowest BCUT2D eigenvalue weighted by Gasteiger charge is -2.37. The third kappa shape index (κ3) is 3.11. The van der Waals surface area contributed by atoms with Gasteiger partial charge in [0.2, 0.25) is 0 Å². The van der Waals surface area contributed by atoms with Gasteiger partial charge in [-0.2, -0.15) is 0 Å². The molecule has 2 N–H and O–H groups in total. The molecule has 1 nitrogen and oxygen atoms in total. The molecule has 2 heteroatoms. The zero-order chi connectivity index (χ0) is 13.2. The Bertz CT molecular complexity index is 406. The van der Waals surface area contributed by atoms with Crippen LogP contribution < -0.4 is 5.73 Å². The first-order valence-electron chi connectivity index (χ1n) is 7.06. The van der Waals surface area contributed by atoms with Crippen LogP contribution in [0.25, 0.3) is 0 Å². The van der Waals surface area contributed by atoms with Crippen LogP contribution in [-0.2, 0) is 6.42 Å². The molecule has 0 unspecified atom stereocenters. The van der Waals surface area contributed by atoms with E-state index in [9.17, 15) is 4.39 Å². The van der Waals surface area contributed by atoms with E-state index in [1.807, 2.05) is 13.0 Å². The van der Waals surface area contributed by atoms with Gasteiger partial charge in [-0.3, -0.25) is 0 Å². The van der Waals surface area contributed by atoms with E-state index < -0.39 is 0 Å². The summed E-state index contributed by atoms with van der Waals surface area (Å²) in [5.74, 6) is 0.702. The van der Waals surface area contributed by atoms with Crippen molar-refractivity contribution in [2.75, 3.05) is 0 Å². The van der Waals surface area contributed by atoms with Crippen molar-refractivity contribution in [3.63, 3.8) is 0 Å². The van der Waals surface area contributed by atoms with Crippen LogP contribution in [0.15, 0.2) is 18.2 Å². The molecule has 0 aliphatic heterocycles. The molecule has 1 saturated carbocycles. The zero-order valence-electron chi connectivity index (χ0n) is 11.5. The fourth-order valence-corrected chi connectivity index (χ4v) is 3.07. The van der Waals surface area contributed by atoms with Crippen molar-refractivity contribution >= 4 is 0 Å². The second-order valence-electron chi connectivity index (χ2n) is 5.96. The topological polar surface area (TPSA) is 26.0 Å². The summed E-state index contributed by atoms with van der Waals surface area (Å²) in [5, 5.41) is 0. The summed E-state index contributed by atoms with van der Waals surface area (Å²) in [7, 11) is 0. The number of benzene rings is 1. The van der Waals surface area contributed by atoms with Crippen LogP contribution in [0.3, 0.4) is 0 Å². The minimum Gasteiger partial charge on any atom is -0.325 e. The predicted molar refractivity (Wildman–Crippen MR) is 74.0 cm³/mol. The summed E-state index contributed by atoms with van der Waals surface area (Å²) in [5.41, 5.74) is 8.67. The van der Waals surface area contributed by atoms with Crippen molar-refractivity contribution in [2.24, 2.45) is 11.7 Å². The van der Waals surface area contributed by atoms with E-state index in [2.05, 4.69) is 6.92 Å². The maximum atomic E-state index is 13.1. The Labute approximate surface area is 110 Å². The van der Waals surface area contributed by atoms with Gasteiger partial charge in [-0.15, -0.1) is 0 Å². The highest BCUT2D eigenvalue weighted by Gasteiger charge is 2.31. The van der Waals surface area contributed by atoms with Gasteiger partial charge in [0.1, 0.15) is 5.82 Å². The molecule has 1 aromatic rings. The van der Waals surface area contributed by atoms with Crippen LogP contribution in [-0.4, -0.2) is 5.54 Å². The standard InChI is InChI=1S/C16H24FN/c1-3-13-6-8-16(18,9-7-13)11-14-4-5-15(17)10-12(14)2/h4-5,10,13H,3,6-9,11,18H2,1-2H3. The maximum absolute atomic E-state index is 13.1. The summed E-state index contributed by atoms with van der Waals surface area (Å²) in [6, 6.07) is 5.05. The first-order chi connectivity index (χ1) is 8.52. The van der Waals surface area contributed by atoms with Gasteiger partial charge in [-0.25, -0.2) is 4.39 Å². The largest absolute Gasteiger partial charge is 0.325 e. The molecule has 0 heterocycles. The molecule has 2 rings (SSSR count). The van der Waals surface area contributed by atoms with Crippen LogP contribution in [0.5, 0.6) is 0 Å². The molecular weight excluding hydrogens is 225 g/mol. The summed E-state index contributed by atoms with van der Waals surface area (Å²) in [6.45, 7) is 4.23. The lowest BCUT2D eigenvalue weighted by atomic mass is 9.73. The second kappa shape index (κ2) is 5.40. The van der Waals surface area contributed by atoms with E-state index in [0.717, 1.165) is 30.7 Å². The first kappa shape index (κ1) is 13.5. The highest BCUT2D eigenvalue weighted by molar-refractivity contribution is 5.28. The number of halogens is 1. The van der Waals surface area contributed by atoms with E-state index in [0.29, 0.717) is 0 Å². The average molecular weight is 249 g/mol. The number of nitrogens with two attached hydrogens (primary N) is 1. The van der Waals surface area contributed by atoms with Crippen molar-refractivity contribution in [1.29, 1.82) is 0 Å². The fraction of sp³-hybridized carbons (Fsp3) is 0.625. The summed E-state index contributed by atoms with van der Waals surface area (Å²) >= 11 is 0. The lowest BCUT2D eigenvalue weighted by Crippen LogP contribution is -2.45. The predicted octanol–water partition coefficient (Wildman–Crippen LogP) is 3.97. The van der Waals surface area contributed by atoms with Crippen molar-refractivity contribution in [2.45, 2.75) is 57.9 Å². The molecule has 0 saturated heterocycles. The van der Waals surface area contributed by atoms with E-state index in [1.54, 1.807) is 12.1 Å². The highest BCUT2D eigenvalue weighted by atomic mass is 19.1. The minimum atomic E-state index is -0.156. The fourth-order valence-electron chi connectivity index (χ4n) is 3.07. The lowest BCUT2D eigenvalue weighted by molar-refractivity contribution is 0.228. The van der Waals surface area contributed by atoms with Gasteiger partial charge in [0.05, 0.1) is 0 Å².